The number of nitrogens with two attached hydrogens (primary N) is 1. The third kappa shape index (κ3) is 2.50. The standard InChI is InChI=1S/C15H18F2N2O2/c1-3-4-9(8-20)19-12(14(18)21)7-10-13(19)11(16)5-6-15(10,2)17/h5-9,12H,3-4H2,1-2H3,(H2,18,21)/t9-,12?,15?/m0/s1. The fraction of sp³-hybridized carbons (Fsp3) is 0.467. The number of carbonyl (C=O) groups is 2. The third-order valence-corrected chi connectivity index (χ3v) is 3.82. The molecule has 0 aromatic carbocycles. The molecule has 1 aliphatic heterocycles. The van der Waals surface area contributed by atoms with Crippen LogP contribution in [0.2, 0.25) is 0 Å². The molecule has 0 fully saturated rings. The molecular formula is C15H18F2N2O2. The molecule has 2 N–H and O–H groups in total. The quantitative estimate of drug-likeness (QED) is 0.788. The fourth-order valence-corrected chi connectivity index (χ4v) is 2.80. The molecule has 2 unspecified atom stereocenters. The lowest BCUT2D eigenvalue weighted by atomic mass is 9.90. The smallest absolute Gasteiger partial charge is 0.244 e. The summed E-state index contributed by atoms with van der Waals surface area (Å²) in [6.45, 7) is 3.14. The van der Waals surface area contributed by atoms with Crippen LogP contribution >= 0.6 is 0 Å². The van der Waals surface area contributed by atoms with E-state index < -0.39 is 29.5 Å². The molecule has 0 radical (unpaired) electrons. The topological polar surface area (TPSA) is 63.4 Å². The molecule has 0 spiro atoms. The van der Waals surface area contributed by atoms with Crippen LogP contribution in [0.15, 0.2) is 35.3 Å². The van der Waals surface area contributed by atoms with E-state index in [9.17, 15) is 18.4 Å². The second kappa shape index (κ2) is 5.42. The lowest BCUT2D eigenvalue weighted by Gasteiger charge is -2.34. The van der Waals surface area contributed by atoms with E-state index in [1.807, 2.05) is 6.92 Å². The summed E-state index contributed by atoms with van der Waals surface area (Å²) in [7, 11) is 0. The summed E-state index contributed by atoms with van der Waals surface area (Å²) < 4.78 is 28.7. The lowest BCUT2D eigenvalue weighted by molar-refractivity contribution is -0.122. The van der Waals surface area contributed by atoms with Crippen LogP contribution < -0.4 is 5.73 Å². The van der Waals surface area contributed by atoms with E-state index in [4.69, 9.17) is 5.73 Å². The van der Waals surface area contributed by atoms with Gasteiger partial charge in [-0.1, -0.05) is 13.3 Å². The van der Waals surface area contributed by atoms with Gasteiger partial charge in [0, 0.05) is 5.57 Å². The van der Waals surface area contributed by atoms with Gasteiger partial charge in [0.25, 0.3) is 0 Å². The number of alkyl halides is 1. The second-order valence-corrected chi connectivity index (χ2v) is 5.43. The first-order valence-corrected chi connectivity index (χ1v) is 6.87. The number of halogens is 2. The highest BCUT2D eigenvalue weighted by molar-refractivity contribution is 5.85. The Kier molecular flexibility index (Phi) is 3.98. The average Bonchev–Trinajstić information content (AvgIpc) is 2.83. The van der Waals surface area contributed by atoms with Crippen LogP contribution in [-0.4, -0.2) is 34.8 Å². The van der Waals surface area contributed by atoms with Gasteiger partial charge in [0.15, 0.2) is 5.67 Å². The van der Waals surface area contributed by atoms with Crippen molar-refractivity contribution in [3.8, 4) is 0 Å². The number of rotatable bonds is 5. The van der Waals surface area contributed by atoms with Crippen molar-refractivity contribution in [2.45, 2.75) is 44.4 Å². The van der Waals surface area contributed by atoms with Crippen molar-refractivity contribution in [3.63, 3.8) is 0 Å². The lowest BCUT2D eigenvalue weighted by Crippen LogP contribution is -2.47. The maximum absolute atomic E-state index is 14.5. The summed E-state index contributed by atoms with van der Waals surface area (Å²) in [5.74, 6) is -1.40. The molecule has 6 heteroatoms. The maximum atomic E-state index is 14.5. The highest BCUT2D eigenvalue weighted by Gasteiger charge is 2.46. The first-order valence-electron chi connectivity index (χ1n) is 6.87. The summed E-state index contributed by atoms with van der Waals surface area (Å²) in [5, 5.41) is 0. The number of primary amides is 1. The highest BCUT2D eigenvalue weighted by Crippen LogP contribution is 2.44. The number of carbonyl (C=O) groups excluding carboxylic acids is 2. The van der Waals surface area contributed by atoms with Gasteiger partial charge in [0.05, 0.1) is 11.7 Å². The van der Waals surface area contributed by atoms with Crippen molar-refractivity contribution in [2.75, 3.05) is 0 Å². The van der Waals surface area contributed by atoms with E-state index in [2.05, 4.69) is 0 Å². The Balaban J connectivity index is 2.55. The fourth-order valence-electron chi connectivity index (χ4n) is 2.80. The van der Waals surface area contributed by atoms with E-state index in [0.717, 1.165) is 12.2 Å². The number of allylic oxidation sites excluding steroid dienone is 4. The Bertz CT molecular complexity index is 564. The van der Waals surface area contributed by atoms with Crippen LogP contribution in [-0.2, 0) is 9.59 Å². The number of hydrogen-bond acceptors (Lipinski definition) is 3. The van der Waals surface area contributed by atoms with Gasteiger partial charge in [-0.2, -0.15) is 0 Å². The molecule has 0 saturated heterocycles. The van der Waals surface area contributed by atoms with Crippen LogP contribution in [0.3, 0.4) is 0 Å². The zero-order valence-corrected chi connectivity index (χ0v) is 12.0. The number of amides is 1. The van der Waals surface area contributed by atoms with Crippen molar-refractivity contribution in [2.24, 2.45) is 5.73 Å². The normalized spacial score (nSPS) is 29.2. The van der Waals surface area contributed by atoms with E-state index in [1.54, 1.807) is 0 Å². The molecule has 0 bridgehead atoms. The third-order valence-electron chi connectivity index (χ3n) is 3.82. The molecule has 0 saturated carbocycles. The van der Waals surface area contributed by atoms with Crippen molar-refractivity contribution < 1.29 is 18.4 Å². The summed E-state index contributed by atoms with van der Waals surface area (Å²) in [5.41, 5.74) is 3.45. The highest BCUT2D eigenvalue weighted by atomic mass is 19.1. The summed E-state index contributed by atoms with van der Waals surface area (Å²) in [6, 6.07) is -1.73. The van der Waals surface area contributed by atoms with Crippen LogP contribution in [0.5, 0.6) is 0 Å². The van der Waals surface area contributed by atoms with Gasteiger partial charge >= 0.3 is 0 Å². The Morgan fingerprint density at radius 1 is 1.62 bits per heavy atom. The number of fused-ring (bicyclic) bond motifs is 1. The van der Waals surface area contributed by atoms with E-state index in [0.29, 0.717) is 19.1 Å². The molecule has 114 valence electrons. The monoisotopic (exact) mass is 296 g/mol. The predicted octanol–water partition coefficient (Wildman–Crippen LogP) is 1.93. The van der Waals surface area contributed by atoms with Gasteiger partial charge in [-0.25, -0.2) is 8.78 Å². The molecule has 0 aromatic rings. The van der Waals surface area contributed by atoms with Gasteiger partial charge < -0.3 is 15.4 Å². The van der Waals surface area contributed by atoms with Crippen molar-refractivity contribution in [3.05, 3.63) is 35.3 Å². The molecule has 1 amide bonds. The molecule has 3 atom stereocenters. The van der Waals surface area contributed by atoms with Gasteiger partial charge in [-0.15, -0.1) is 0 Å². The Morgan fingerprint density at radius 3 is 2.81 bits per heavy atom. The number of hydrogen-bond donors (Lipinski definition) is 1. The molecule has 4 nitrogen and oxygen atoms in total. The second-order valence-electron chi connectivity index (χ2n) is 5.43. The average molecular weight is 296 g/mol. The van der Waals surface area contributed by atoms with Gasteiger partial charge in [-0.05, 0) is 31.6 Å². The maximum Gasteiger partial charge on any atom is 0.244 e. The summed E-state index contributed by atoms with van der Waals surface area (Å²) >= 11 is 0. The number of nitrogens with zero attached hydrogens (tertiary/aromatic N) is 1. The van der Waals surface area contributed by atoms with Gasteiger partial charge in [-0.3, -0.25) is 4.79 Å². The molecular weight excluding hydrogens is 278 g/mol. The van der Waals surface area contributed by atoms with E-state index in [1.165, 1.54) is 17.9 Å². The first kappa shape index (κ1) is 15.4. The van der Waals surface area contributed by atoms with Crippen LogP contribution in [0.25, 0.3) is 0 Å². The van der Waals surface area contributed by atoms with Crippen molar-refractivity contribution in [1.29, 1.82) is 0 Å². The molecule has 1 heterocycles. The van der Waals surface area contributed by atoms with Gasteiger partial charge in [0.1, 0.15) is 18.2 Å². The first-order chi connectivity index (χ1) is 9.83. The van der Waals surface area contributed by atoms with E-state index >= 15 is 0 Å². The van der Waals surface area contributed by atoms with Gasteiger partial charge in [0.2, 0.25) is 5.91 Å². The van der Waals surface area contributed by atoms with Crippen LogP contribution in [0, 0.1) is 0 Å². The minimum Gasteiger partial charge on any atom is -0.368 e. The number of aldehydes is 1. The molecule has 2 aliphatic rings. The van der Waals surface area contributed by atoms with E-state index in [-0.39, 0.29) is 11.3 Å². The predicted molar refractivity (Wildman–Crippen MR) is 74.5 cm³/mol. The zero-order chi connectivity index (χ0) is 15.8. The summed E-state index contributed by atoms with van der Waals surface area (Å²) in [4.78, 5) is 24.2. The van der Waals surface area contributed by atoms with Crippen LogP contribution in [0.1, 0.15) is 26.7 Å². The largest absolute Gasteiger partial charge is 0.368 e. The van der Waals surface area contributed by atoms with Crippen molar-refractivity contribution in [1.82, 2.24) is 4.90 Å². The Hall–Kier alpha value is -1.98. The minimum atomic E-state index is -1.90. The Labute approximate surface area is 122 Å². The molecule has 0 aromatic heterocycles. The minimum absolute atomic E-state index is 0.0446. The molecule has 21 heavy (non-hydrogen) atoms. The summed E-state index contributed by atoms with van der Waals surface area (Å²) in [6.07, 6.45) is 5.17. The van der Waals surface area contributed by atoms with Crippen molar-refractivity contribution >= 4 is 12.2 Å². The zero-order valence-electron chi connectivity index (χ0n) is 12.0. The molecule has 2 rings (SSSR count). The SMILES string of the molecule is CCC[C@@H](C=O)N1C2=C(F)C=CC(C)(F)C2=CC1C(N)=O. The van der Waals surface area contributed by atoms with Crippen LogP contribution in [0.4, 0.5) is 8.78 Å². The molecule has 1 aliphatic carbocycles. The Morgan fingerprint density at radius 2 is 2.29 bits per heavy atom.